The fraction of sp³-hybridized carbons (Fsp3) is 0.200. The van der Waals surface area contributed by atoms with Crippen molar-refractivity contribution >= 4 is 16.7 Å². The van der Waals surface area contributed by atoms with Crippen LogP contribution in [0.2, 0.25) is 0 Å². The highest BCUT2D eigenvalue weighted by molar-refractivity contribution is 5.93. The molecule has 4 aromatic rings. The Hall–Kier alpha value is -3.39. The van der Waals surface area contributed by atoms with Gasteiger partial charge in [-0.1, -0.05) is 6.07 Å². The second-order valence-electron chi connectivity index (χ2n) is 6.68. The highest BCUT2D eigenvalue weighted by atomic mass is 19.1. The second kappa shape index (κ2) is 6.97. The highest BCUT2D eigenvalue weighted by Crippen LogP contribution is 2.29. The molecule has 140 valence electrons. The number of piperazine rings is 1. The summed E-state index contributed by atoms with van der Waals surface area (Å²) in [5.74, 6) is 0.440. The molecule has 8 heteroatoms. The fourth-order valence-electron chi connectivity index (χ4n) is 3.42. The second-order valence-corrected chi connectivity index (χ2v) is 6.68. The number of nitrogens with zero attached hydrogens (tertiary/aromatic N) is 5. The zero-order valence-electron chi connectivity index (χ0n) is 15.1. The molecule has 0 saturated carbocycles. The largest absolute Gasteiger partial charge is 0.354 e. The van der Waals surface area contributed by atoms with E-state index in [0.29, 0.717) is 5.69 Å². The number of aromatic nitrogens is 5. The summed E-state index contributed by atoms with van der Waals surface area (Å²) in [5, 5.41) is 11.8. The molecular formula is C20H18FN7. The van der Waals surface area contributed by atoms with E-state index in [9.17, 15) is 4.39 Å². The monoisotopic (exact) mass is 375 g/mol. The molecule has 5 rings (SSSR count). The first-order valence-corrected chi connectivity index (χ1v) is 9.17. The number of H-pyrrole nitrogens is 1. The van der Waals surface area contributed by atoms with E-state index in [1.54, 1.807) is 12.3 Å². The van der Waals surface area contributed by atoms with Crippen LogP contribution in [0.25, 0.3) is 33.5 Å². The van der Waals surface area contributed by atoms with Gasteiger partial charge in [0.1, 0.15) is 11.5 Å². The topological polar surface area (TPSA) is 82.6 Å². The normalized spacial score (nSPS) is 14.5. The number of fused-ring (bicyclic) bond motifs is 1. The van der Waals surface area contributed by atoms with E-state index in [1.807, 2.05) is 24.3 Å². The average Bonchev–Trinajstić information content (AvgIpc) is 3.18. The summed E-state index contributed by atoms with van der Waals surface area (Å²) in [7, 11) is 0. The molecule has 0 amide bonds. The zero-order valence-corrected chi connectivity index (χ0v) is 15.1. The molecule has 4 aromatic heterocycles. The summed E-state index contributed by atoms with van der Waals surface area (Å²) in [5.41, 5.74) is 3.85. The Labute approximate surface area is 160 Å². The summed E-state index contributed by atoms with van der Waals surface area (Å²) < 4.78 is 13.1. The third kappa shape index (κ3) is 3.07. The van der Waals surface area contributed by atoms with Gasteiger partial charge in [-0.15, -0.1) is 0 Å². The number of nitrogens with one attached hydrogen (secondary N) is 2. The Kier molecular flexibility index (Phi) is 4.17. The number of aromatic amines is 1. The van der Waals surface area contributed by atoms with Crippen molar-refractivity contribution in [2.24, 2.45) is 0 Å². The maximum absolute atomic E-state index is 13.1. The summed E-state index contributed by atoms with van der Waals surface area (Å²) in [6.45, 7) is 3.78. The minimum Gasteiger partial charge on any atom is -0.354 e. The van der Waals surface area contributed by atoms with Gasteiger partial charge in [-0.05, 0) is 30.3 Å². The first-order valence-electron chi connectivity index (χ1n) is 9.17. The van der Waals surface area contributed by atoms with Gasteiger partial charge in [-0.25, -0.2) is 9.97 Å². The van der Waals surface area contributed by atoms with Crippen LogP contribution in [0, 0.1) is 5.95 Å². The third-order valence-electron chi connectivity index (χ3n) is 4.89. The van der Waals surface area contributed by atoms with Gasteiger partial charge in [0.25, 0.3) is 0 Å². The lowest BCUT2D eigenvalue weighted by molar-refractivity contribution is 0.584. The summed E-state index contributed by atoms with van der Waals surface area (Å²) in [4.78, 5) is 15.3. The van der Waals surface area contributed by atoms with Gasteiger partial charge in [0, 0.05) is 43.3 Å². The van der Waals surface area contributed by atoms with Crippen LogP contribution in [0.15, 0.2) is 48.8 Å². The molecular weight excluding hydrogens is 357 g/mol. The molecule has 0 aliphatic carbocycles. The molecule has 0 bridgehead atoms. The lowest BCUT2D eigenvalue weighted by Crippen LogP contribution is -2.43. The molecule has 0 aromatic carbocycles. The predicted octanol–water partition coefficient (Wildman–Crippen LogP) is 2.63. The van der Waals surface area contributed by atoms with Crippen LogP contribution in [0.1, 0.15) is 0 Å². The Morgan fingerprint density at radius 2 is 1.86 bits per heavy atom. The zero-order chi connectivity index (χ0) is 18.9. The van der Waals surface area contributed by atoms with Crippen LogP contribution in [-0.4, -0.2) is 51.3 Å². The van der Waals surface area contributed by atoms with E-state index in [4.69, 9.17) is 4.98 Å². The minimum absolute atomic E-state index is 0.511. The van der Waals surface area contributed by atoms with Gasteiger partial charge in [0.2, 0.25) is 5.95 Å². The van der Waals surface area contributed by atoms with Crippen LogP contribution >= 0.6 is 0 Å². The summed E-state index contributed by atoms with van der Waals surface area (Å²) in [6.07, 6.45) is 3.21. The quantitative estimate of drug-likeness (QED) is 0.536. The van der Waals surface area contributed by atoms with Crippen LogP contribution in [0.3, 0.4) is 0 Å². The first-order chi connectivity index (χ1) is 13.8. The summed E-state index contributed by atoms with van der Waals surface area (Å²) in [6, 6.07) is 10.9. The number of halogens is 1. The highest BCUT2D eigenvalue weighted by Gasteiger charge is 2.15. The van der Waals surface area contributed by atoms with Crippen molar-refractivity contribution in [1.29, 1.82) is 0 Å². The molecule has 1 saturated heterocycles. The van der Waals surface area contributed by atoms with E-state index in [0.717, 1.165) is 59.9 Å². The van der Waals surface area contributed by atoms with Gasteiger partial charge in [-0.3, -0.25) is 10.1 Å². The van der Waals surface area contributed by atoms with E-state index in [-0.39, 0.29) is 0 Å². The number of anilines is 1. The lowest BCUT2D eigenvalue weighted by atomic mass is 10.1. The number of rotatable bonds is 3. The predicted molar refractivity (Wildman–Crippen MR) is 105 cm³/mol. The first kappa shape index (κ1) is 16.8. The molecule has 28 heavy (non-hydrogen) atoms. The van der Waals surface area contributed by atoms with Crippen LogP contribution < -0.4 is 10.2 Å². The van der Waals surface area contributed by atoms with E-state index >= 15 is 0 Å². The van der Waals surface area contributed by atoms with E-state index in [1.165, 1.54) is 12.3 Å². The van der Waals surface area contributed by atoms with Gasteiger partial charge in [0.15, 0.2) is 0 Å². The number of hydrogen-bond donors (Lipinski definition) is 2. The lowest BCUT2D eigenvalue weighted by Gasteiger charge is -2.28. The van der Waals surface area contributed by atoms with Gasteiger partial charge in [-0.2, -0.15) is 9.49 Å². The SMILES string of the molecule is Fc1ccc(-c2cc3c(-c4cccc(N5CCNCC5)n4)n[nH]c3cn2)cn1. The molecule has 1 aliphatic rings. The molecule has 0 radical (unpaired) electrons. The van der Waals surface area contributed by atoms with Crippen LogP contribution in [0.4, 0.5) is 10.2 Å². The maximum atomic E-state index is 13.1. The van der Waals surface area contributed by atoms with E-state index < -0.39 is 5.95 Å². The minimum atomic E-state index is -0.511. The smallest absolute Gasteiger partial charge is 0.212 e. The van der Waals surface area contributed by atoms with Gasteiger partial charge >= 0.3 is 0 Å². The Morgan fingerprint density at radius 1 is 0.964 bits per heavy atom. The molecule has 5 heterocycles. The third-order valence-corrected chi connectivity index (χ3v) is 4.89. The Balaban J connectivity index is 1.55. The molecule has 1 fully saturated rings. The van der Waals surface area contributed by atoms with Crippen molar-refractivity contribution in [3.63, 3.8) is 0 Å². The van der Waals surface area contributed by atoms with Crippen molar-refractivity contribution < 1.29 is 4.39 Å². The van der Waals surface area contributed by atoms with Crippen molar-refractivity contribution in [3.8, 4) is 22.6 Å². The van der Waals surface area contributed by atoms with Crippen molar-refractivity contribution in [1.82, 2.24) is 30.5 Å². The molecule has 0 spiro atoms. The van der Waals surface area contributed by atoms with Crippen LogP contribution in [0.5, 0.6) is 0 Å². The molecule has 2 N–H and O–H groups in total. The van der Waals surface area contributed by atoms with Crippen molar-refractivity contribution in [2.45, 2.75) is 0 Å². The molecule has 7 nitrogen and oxygen atoms in total. The maximum Gasteiger partial charge on any atom is 0.212 e. The standard InChI is InChI=1S/C20H18FN7/c21-18-5-4-13(11-24-18)16-10-14-17(12-23-16)26-27-20(14)15-2-1-3-19(25-15)28-8-6-22-7-9-28/h1-5,10-12,22H,6-9H2,(H,26,27). The van der Waals surface area contributed by atoms with Crippen LogP contribution in [-0.2, 0) is 0 Å². The number of hydrogen-bond acceptors (Lipinski definition) is 6. The van der Waals surface area contributed by atoms with Gasteiger partial charge < -0.3 is 10.2 Å². The molecule has 1 aliphatic heterocycles. The fourth-order valence-corrected chi connectivity index (χ4v) is 3.42. The Bertz CT molecular complexity index is 1120. The van der Waals surface area contributed by atoms with E-state index in [2.05, 4.69) is 30.4 Å². The number of pyridine rings is 3. The van der Waals surface area contributed by atoms with Crippen molar-refractivity contribution in [2.75, 3.05) is 31.1 Å². The molecule has 0 unspecified atom stereocenters. The average molecular weight is 375 g/mol. The van der Waals surface area contributed by atoms with Gasteiger partial charge in [0.05, 0.1) is 23.1 Å². The Morgan fingerprint density at radius 3 is 2.68 bits per heavy atom. The summed E-state index contributed by atoms with van der Waals surface area (Å²) >= 11 is 0. The van der Waals surface area contributed by atoms with Crippen molar-refractivity contribution in [3.05, 3.63) is 54.7 Å². The molecule has 0 atom stereocenters.